The number of benzene rings is 1. The van der Waals surface area contributed by atoms with Crippen molar-refractivity contribution >= 4 is 11.8 Å². The third kappa shape index (κ3) is 4.49. The molecule has 1 aromatic rings. The van der Waals surface area contributed by atoms with E-state index in [4.69, 9.17) is 9.47 Å². The lowest BCUT2D eigenvalue weighted by molar-refractivity contribution is -0.150. The molecule has 4 nitrogen and oxygen atoms in total. The molecule has 25 heavy (non-hydrogen) atoms. The molecule has 0 aromatic heterocycles. The van der Waals surface area contributed by atoms with Gasteiger partial charge in [-0.3, -0.25) is 9.59 Å². The van der Waals surface area contributed by atoms with Crippen molar-refractivity contribution in [2.24, 2.45) is 11.8 Å². The van der Waals surface area contributed by atoms with Crippen molar-refractivity contribution in [1.29, 1.82) is 0 Å². The standard InChI is InChI=1S/C21H30O4/c1-6-25-21(23)17-9-7-8-16(12-17)19(22)20(24-5)18-14(3)10-13(2)11-15(18)4/h10-11,16-17,20H,6-9,12H2,1-5H3. The Kier molecular flexibility index (Phi) is 6.77. The number of Topliss-reactive ketones (excluding diaryl/α,β-unsaturated/α-hetero) is 1. The first-order chi connectivity index (χ1) is 11.9. The Morgan fingerprint density at radius 3 is 2.28 bits per heavy atom. The molecule has 0 amide bonds. The molecule has 0 radical (unpaired) electrons. The Bertz CT molecular complexity index is 612. The number of carbonyl (C=O) groups is 2. The van der Waals surface area contributed by atoms with Gasteiger partial charge in [-0.05, 0) is 63.6 Å². The van der Waals surface area contributed by atoms with Crippen LogP contribution >= 0.6 is 0 Å². The van der Waals surface area contributed by atoms with E-state index in [0.29, 0.717) is 13.0 Å². The number of ketones is 1. The van der Waals surface area contributed by atoms with Crippen LogP contribution in [0.3, 0.4) is 0 Å². The van der Waals surface area contributed by atoms with E-state index in [2.05, 4.69) is 19.1 Å². The maximum Gasteiger partial charge on any atom is 0.308 e. The minimum absolute atomic E-state index is 0.0894. The van der Waals surface area contributed by atoms with Gasteiger partial charge in [-0.1, -0.05) is 24.1 Å². The summed E-state index contributed by atoms with van der Waals surface area (Å²) in [6, 6.07) is 4.17. The van der Waals surface area contributed by atoms with E-state index >= 15 is 0 Å². The molecule has 3 atom stereocenters. The summed E-state index contributed by atoms with van der Waals surface area (Å²) in [5.74, 6) is -0.392. The second-order valence-electron chi connectivity index (χ2n) is 7.14. The van der Waals surface area contributed by atoms with Gasteiger partial charge in [0.25, 0.3) is 0 Å². The van der Waals surface area contributed by atoms with Crippen LogP contribution in [0, 0.1) is 32.6 Å². The Morgan fingerprint density at radius 1 is 1.12 bits per heavy atom. The summed E-state index contributed by atoms with van der Waals surface area (Å²) in [4.78, 5) is 25.2. The van der Waals surface area contributed by atoms with Gasteiger partial charge in [-0.15, -0.1) is 0 Å². The normalized spacial score (nSPS) is 21.6. The highest BCUT2D eigenvalue weighted by atomic mass is 16.5. The Hall–Kier alpha value is -1.68. The highest BCUT2D eigenvalue weighted by Crippen LogP contribution is 2.36. The second kappa shape index (κ2) is 8.61. The lowest BCUT2D eigenvalue weighted by Crippen LogP contribution is -2.32. The average Bonchev–Trinajstić information content (AvgIpc) is 2.57. The number of carbonyl (C=O) groups excluding carboxylic acids is 2. The molecular weight excluding hydrogens is 316 g/mol. The van der Waals surface area contributed by atoms with Gasteiger partial charge in [0.1, 0.15) is 6.10 Å². The molecule has 3 unspecified atom stereocenters. The van der Waals surface area contributed by atoms with Crippen LogP contribution in [0.15, 0.2) is 12.1 Å². The van der Waals surface area contributed by atoms with Gasteiger partial charge in [0.15, 0.2) is 5.78 Å². The summed E-state index contributed by atoms with van der Waals surface area (Å²) < 4.78 is 10.8. The zero-order valence-corrected chi connectivity index (χ0v) is 16.1. The molecule has 1 aliphatic rings. The van der Waals surface area contributed by atoms with Crippen molar-refractivity contribution < 1.29 is 19.1 Å². The topological polar surface area (TPSA) is 52.6 Å². The molecule has 0 aliphatic heterocycles. The van der Waals surface area contributed by atoms with Crippen LogP contribution in [0.5, 0.6) is 0 Å². The largest absolute Gasteiger partial charge is 0.466 e. The van der Waals surface area contributed by atoms with E-state index in [1.165, 1.54) is 5.56 Å². The lowest BCUT2D eigenvalue weighted by atomic mass is 9.76. The van der Waals surface area contributed by atoms with E-state index in [-0.39, 0.29) is 23.6 Å². The Labute approximate surface area is 150 Å². The minimum atomic E-state index is -0.563. The van der Waals surface area contributed by atoms with Crippen molar-refractivity contribution in [3.8, 4) is 0 Å². The highest BCUT2D eigenvalue weighted by molar-refractivity contribution is 5.88. The molecule has 0 N–H and O–H groups in total. The van der Waals surface area contributed by atoms with Crippen molar-refractivity contribution in [2.75, 3.05) is 13.7 Å². The smallest absolute Gasteiger partial charge is 0.308 e. The van der Waals surface area contributed by atoms with E-state index in [9.17, 15) is 9.59 Å². The lowest BCUT2D eigenvalue weighted by Gasteiger charge is -2.30. The van der Waals surface area contributed by atoms with Crippen LogP contribution in [0.2, 0.25) is 0 Å². The van der Waals surface area contributed by atoms with E-state index < -0.39 is 6.10 Å². The third-order valence-electron chi connectivity index (χ3n) is 5.19. The van der Waals surface area contributed by atoms with Crippen LogP contribution in [0.1, 0.15) is 61.0 Å². The Morgan fingerprint density at radius 2 is 1.72 bits per heavy atom. The van der Waals surface area contributed by atoms with Crippen molar-refractivity contribution in [3.05, 3.63) is 34.4 Å². The first-order valence-electron chi connectivity index (χ1n) is 9.19. The van der Waals surface area contributed by atoms with Crippen LogP contribution in [-0.2, 0) is 19.1 Å². The first kappa shape index (κ1) is 19.6. The molecule has 1 aromatic carbocycles. The number of hydrogen-bond acceptors (Lipinski definition) is 4. The summed E-state index contributed by atoms with van der Waals surface area (Å²) in [7, 11) is 1.59. The molecule has 2 rings (SSSR count). The molecule has 1 aliphatic carbocycles. The quantitative estimate of drug-likeness (QED) is 0.723. The maximum atomic E-state index is 13.2. The summed E-state index contributed by atoms with van der Waals surface area (Å²) >= 11 is 0. The van der Waals surface area contributed by atoms with Gasteiger partial charge in [-0.25, -0.2) is 0 Å². The van der Waals surface area contributed by atoms with Crippen molar-refractivity contribution in [2.45, 2.75) is 59.5 Å². The fourth-order valence-electron chi connectivity index (χ4n) is 4.12. The first-order valence-corrected chi connectivity index (χ1v) is 9.19. The molecular formula is C21H30O4. The summed E-state index contributed by atoms with van der Waals surface area (Å²) in [5.41, 5.74) is 4.31. The molecule has 4 heteroatoms. The number of aryl methyl sites for hydroxylation is 3. The molecule has 0 bridgehead atoms. The predicted molar refractivity (Wildman–Crippen MR) is 97.5 cm³/mol. The Balaban J connectivity index is 2.21. The second-order valence-corrected chi connectivity index (χ2v) is 7.14. The molecule has 0 saturated heterocycles. The minimum Gasteiger partial charge on any atom is -0.466 e. The number of methoxy groups -OCH3 is 1. The molecule has 1 saturated carbocycles. The summed E-state index contributed by atoms with van der Waals surface area (Å²) in [5, 5.41) is 0. The zero-order chi connectivity index (χ0) is 18.6. The van der Waals surface area contributed by atoms with Gasteiger partial charge in [0.2, 0.25) is 0 Å². The van der Waals surface area contributed by atoms with Crippen molar-refractivity contribution in [3.63, 3.8) is 0 Å². The molecule has 1 fully saturated rings. The molecule has 138 valence electrons. The van der Waals surface area contributed by atoms with Crippen LogP contribution in [-0.4, -0.2) is 25.5 Å². The van der Waals surface area contributed by atoms with Crippen LogP contribution < -0.4 is 0 Å². The van der Waals surface area contributed by atoms with E-state index in [0.717, 1.165) is 36.0 Å². The highest BCUT2D eigenvalue weighted by Gasteiger charge is 2.36. The number of esters is 1. The van der Waals surface area contributed by atoms with Gasteiger partial charge < -0.3 is 9.47 Å². The summed E-state index contributed by atoms with van der Waals surface area (Å²) in [6.45, 7) is 8.30. The van der Waals surface area contributed by atoms with Gasteiger partial charge in [0.05, 0.1) is 12.5 Å². The summed E-state index contributed by atoms with van der Waals surface area (Å²) in [6.07, 6.45) is 2.51. The maximum absolute atomic E-state index is 13.2. The fraction of sp³-hybridized carbons (Fsp3) is 0.619. The van der Waals surface area contributed by atoms with E-state index in [1.54, 1.807) is 7.11 Å². The zero-order valence-electron chi connectivity index (χ0n) is 16.1. The SMILES string of the molecule is CCOC(=O)C1CCCC(C(=O)C(OC)c2c(C)cc(C)cc2C)C1. The monoisotopic (exact) mass is 346 g/mol. The van der Waals surface area contributed by atoms with Crippen LogP contribution in [0.4, 0.5) is 0 Å². The predicted octanol–water partition coefficient (Wildman–Crippen LogP) is 4.24. The van der Waals surface area contributed by atoms with Gasteiger partial charge in [0, 0.05) is 13.0 Å². The average molecular weight is 346 g/mol. The number of rotatable bonds is 6. The van der Waals surface area contributed by atoms with Gasteiger partial charge >= 0.3 is 5.97 Å². The molecule has 0 heterocycles. The third-order valence-corrected chi connectivity index (χ3v) is 5.19. The number of ether oxygens (including phenoxy) is 2. The van der Waals surface area contributed by atoms with E-state index in [1.807, 2.05) is 20.8 Å². The number of hydrogen-bond donors (Lipinski definition) is 0. The van der Waals surface area contributed by atoms with Gasteiger partial charge in [-0.2, -0.15) is 0 Å². The van der Waals surface area contributed by atoms with Crippen molar-refractivity contribution in [1.82, 2.24) is 0 Å². The van der Waals surface area contributed by atoms with Crippen LogP contribution in [0.25, 0.3) is 0 Å². The molecule has 0 spiro atoms. The fourth-order valence-corrected chi connectivity index (χ4v) is 4.12.